The molecule has 9 aromatic rings. The Hall–Kier alpha value is -6.98. The predicted octanol–water partition coefficient (Wildman–Crippen LogP) is 20.4. The van der Waals surface area contributed by atoms with Crippen molar-refractivity contribution >= 4 is 90.5 Å². The van der Waals surface area contributed by atoms with Crippen molar-refractivity contribution < 1.29 is 4.42 Å². The summed E-state index contributed by atoms with van der Waals surface area (Å²) in [7, 11) is 0. The molecule has 7 aliphatic rings. The van der Waals surface area contributed by atoms with Crippen LogP contribution in [0.3, 0.4) is 0 Å². The van der Waals surface area contributed by atoms with E-state index >= 15 is 0 Å². The van der Waals surface area contributed by atoms with E-state index in [0.29, 0.717) is 0 Å². The minimum Gasteiger partial charge on any atom is -0.454 e. The first kappa shape index (κ1) is 55.3. The van der Waals surface area contributed by atoms with Gasteiger partial charge in [-0.3, -0.25) is 0 Å². The Morgan fingerprint density at radius 2 is 0.931 bits per heavy atom. The van der Waals surface area contributed by atoms with E-state index in [4.69, 9.17) is 4.42 Å². The maximum Gasteiger partial charge on any atom is 0.252 e. The third kappa shape index (κ3) is 7.32. The van der Waals surface area contributed by atoms with E-state index < -0.39 is 0 Å². The summed E-state index contributed by atoms with van der Waals surface area (Å²) in [6, 6.07) is 56.4. The van der Waals surface area contributed by atoms with Crippen LogP contribution in [-0.2, 0) is 43.3 Å². The molecule has 3 aliphatic heterocycles. The van der Waals surface area contributed by atoms with Gasteiger partial charge in [-0.05, 0) is 199 Å². The van der Waals surface area contributed by atoms with E-state index in [2.05, 4.69) is 272 Å². The van der Waals surface area contributed by atoms with Crippen molar-refractivity contribution in [2.75, 3.05) is 14.7 Å². The zero-order chi connectivity index (χ0) is 60.9. The monoisotopic (exact) mass is 1140 g/mol. The highest BCUT2D eigenvalue weighted by atomic mass is 16.3. The molecule has 0 radical (unpaired) electrons. The summed E-state index contributed by atoms with van der Waals surface area (Å²) < 4.78 is 7.29. The van der Waals surface area contributed by atoms with Crippen LogP contribution >= 0.6 is 0 Å². The van der Waals surface area contributed by atoms with Gasteiger partial charge in [0.25, 0.3) is 6.71 Å². The number of benzene rings is 8. The van der Waals surface area contributed by atoms with Crippen LogP contribution in [0.4, 0.5) is 45.5 Å². The van der Waals surface area contributed by atoms with E-state index in [1.807, 2.05) is 0 Å². The summed E-state index contributed by atoms with van der Waals surface area (Å²) in [5.74, 6) is 0. The lowest BCUT2D eigenvalue weighted by atomic mass is 9.32. The van der Waals surface area contributed by atoms with E-state index in [9.17, 15) is 0 Å². The highest BCUT2D eigenvalue weighted by Gasteiger charge is 2.59. The molecule has 4 nitrogen and oxygen atoms in total. The molecule has 0 amide bonds. The molecule has 4 heterocycles. The van der Waals surface area contributed by atoms with Crippen LogP contribution < -0.4 is 31.1 Å². The first-order valence-electron chi connectivity index (χ1n) is 33.2. The van der Waals surface area contributed by atoms with E-state index in [0.717, 1.165) is 59.7 Å². The first-order valence-corrected chi connectivity index (χ1v) is 33.2. The molecule has 0 bridgehead atoms. The van der Waals surface area contributed by atoms with Crippen molar-refractivity contribution in [1.29, 1.82) is 0 Å². The first-order chi connectivity index (χ1) is 41.0. The fourth-order valence-electron chi connectivity index (χ4n) is 18.9. The lowest BCUT2D eigenvalue weighted by molar-refractivity contribution is 0.195. The molecule has 0 spiro atoms. The van der Waals surface area contributed by atoms with Gasteiger partial charge in [-0.15, -0.1) is 0 Å². The van der Waals surface area contributed by atoms with Crippen molar-refractivity contribution in [1.82, 2.24) is 0 Å². The average Bonchev–Trinajstić information content (AvgIpc) is 1.55. The lowest BCUT2D eigenvalue weighted by Crippen LogP contribution is -2.62. The molecule has 16 rings (SSSR count). The number of hydrogen-bond acceptors (Lipinski definition) is 4. The number of nitrogens with zero attached hydrogens (tertiary/aromatic N) is 3. The number of furan rings is 1. The number of para-hydroxylation sites is 2. The second kappa shape index (κ2) is 17.5. The van der Waals surface area contributed by atoms with Crippen LogP contribution in [0.25, 0.3) is 21.9 Å². The van der Waals surface area contributed by atoms with Crippen molar-refractivity contribution in [2.24, 2.45) is 0 Å². The largest absolute Gasteiger partial charge is 0.454 e. The summed E-state index contributed by atoms with van der Waals surface area (Å²) in [5.41, 5.74) is 29.8. The third-order valence-corrected chi connectivity index (χ3v) is 24.7. The molecule has 4 aliphatic carbocycles. The zero-order valence-corrected chi connectivity index (χ0v) is 55.3. The van der Waals surface area contributed by atoms with E-state index in [1.165, 1.54) is 131 Å². The fourth-order valence-corrected chi connectivity index (χ4v) is 18.9. The molecule has 2 unspecified atom stereocenters. The van der Waals surface area contributed by atoms with E-state index in [1.54, 1.807) is 0 Å². The Kier molecular flexibility index (Phi) is 11.1. The number of fused-ring (bicyclic) bond motifs is 14. The minimum absolute atomic E-state index is 0.00958. The van der Waals surface area contributed by atoms with Crippen molar-refractivity contribution in [2.45, 2.75) is 218 Å². The summed E-state index contributed by atoms with van der Waals surface area (Å²) in [6.07, 6.45) is 9.33. The molecule has 8 aromatic carbocycles. The van der Waals surface area contributed by atoms with Gasteiger partial charge in [-0.25, -0.2) is 0 Å². The van der Waals surface area contributed by atoms with E-state index in [-0.39, 0.29) is 55.6 Å². The summed E-state index contributed by atoms with van der Waals surface area (Å²) in [6.45, 7) is 42.3. The van der Waals surface area contributed by atoms with Gasteiger partial charge in [0.1, 0.15) is 5.58 Å². The van der Waals surface area contributed by atoms with Gasteiger partial charge in [-0.1, -0.05) is 209 Å². The summed E-state index contributed by atoms with van der Waals surface area (Å²) in [5, 5.41) is 2.29. The van der Waals surface area contributed by atoms with Crippen molar-refractivity contribution in [3.8, 4) is 0 Å². The highest BCUT2D eigenvalue weighted by Crippen LogP contribution is 2.63. The highest BCUT2D eigenvalue weighted by molar-refractivity contribution is 7.00. The molecule has 2 atom stereocenters. The second-order valence-corrected chi connectivity index (χ2v) is 33.4. The van der Waals surface area contributed by atoms with Gasteiger partial charge in [-0.2, -0.15) is 0 Å². The molecular weight excluding hydrogens is 1050 g/mol. The lowest BCUT2D eigenvalue weighted by Gasteiger charge is -2.52. The zero-order valence-electron chi connectivity index (χ0n) is 55.3. The Labute approximate surface area is 519 Å². The average molecular weight is 1140 g/mol. The third-order valence-electron chi connectivity index (χ3n) is 24.7. The smallest absolute Gasteiger partial charge is 0.252 e. The van der Waals surface area contributed by atoms with Crippen molar-refractivity contribution in [3.63, 3.8) is 0 Å². The molecule has 1 saturated carbocycles. The van der Waals surface area contributed by atoms with Crippen LogP contribution in [0.1, 0.15) is 225 Å². The molecule has 1 fully saturated rings. The Morgan fingerprint density at radius 3 is 1.60 bits per heavy atom. The van der Waals surface area contributed by atoms with Gasteiger partial charge in [0.15, 0.2) is 5.58 Å². The molecule has 0 N–H and O–H groups in total. The molecule has 5 heteroatoms. The van der Waals surface area contributed by atoms with Crippen LogP contribution in [0.15, 0.2) is 144 Å². The maximum atomic E-state index is 7.29. The minimum atomic E-state index is -0.281. The van der Waals surface area contributed by atoms with Crippen LogP contribution in [0, 0.1) is 0 Å². The van der Waals surface area contributed by atoms with Crippen LogP contribution in [-0.4, -0.2) is 12.3 Å². The van der Waals surface area contributed by atoms with Gasteiger partial charge >= 0.3 is 0 Å². The van der Waals surface area contributed by atoms with Crippen molar-refractivity contribution in [3.05, 3.63) is 195 Å². The number of hydrogen-bond donors (Lipinski definition) is 0. The Morgan fingerprint density at radius 1 is 0.391 bits per heavy atom. The number of rotatable bonds is 3. The molecule has 1 aromatic heterocycles. The van der Waals surface area contributed by atoms with Gasteiger partial charge in [0.05, 0.1) is 11.2 Å². The van der Waals surface area contributed by atoms with Crippen LogP contribution in [0.5, 0.6) is 0 Å². The summed E-state index contributed by atoms with van der Waals surface area (Å²) >= 11 is 0. The molecule has 0 saturated heterocycles. The number of anilines is 8. The molecular formula is C82H90BN3O. The predicted molar refractivity (Wildman–Crippen MR) is 371 cm³/mol. The van der Waals surface area contributed by atoms with Gasteiger partial charge in [0.2, 0.25) is 0 Å². The maximum absolute atomic E-state index is 7.29. The van der Waals surface area contributed by atoms with Crippen LogP contribution in [0.2, 0.25) is 0 Å². The summed E-state index contributed by atoms with van der Waals surface area (Å²) in [4.78, 5) is 8.37. The second-order valence-electron chi connectivity index (χ2n) is 33.4. The normalized spacial score (nSPS) is 23.4. The fraction of sp³-hybridized carbons (Fsp3) is 0.415. The van der Waals surface area contributed by atoms with Gasteiger partial charge < -0.3 is 19.1 Å². The topological polar surface area (TPSA) is 22.9 Å². The quantitative estimate of drug-likeness (QED) is 0.164. The Balaban J connectivity index is 1.09. The SMILES string of the molecule is CC(C)(C)c1ccc2c(c1)C1(C)CCCCC1(C)N2c1cc2c3c(c1)N(c1cccc4c1oc1ccccc14)c1cc4c(cc1B3c1cc3c(cc1N2c1ccc2c(c1)C(C)(C)CCC2(C)C)C(C)(C)CCC3(C)C)C(C)(C)c1ccccc1C4(C)C. The standard InChI is InChI=1S/C82H90BN3O/c1-74(2,3)49-31-34-65-62(41-49)81(16)35-22-23-36-82(81,17)86(65)51-43-69-72-70(44-51)85(66-29-24-26-53-52-25-18-21-30-71(52)87-73(53)66)68-48-61-60(79(12,13)55-27-19-20-28-56(55)80(61,14)15)46-64(68)83(72)63-45-58-59(78(10,11)40-39-77(58,8)9)47-67(63)84(69)50-32-33-54-57(42-50)76(6,7)38-37-75(54,4)5/h18-21,24-34,41-48H,22-23,35-40H2,1-17H3. The molecule has 442 valence electrons. The van der Waals surface area contributed by atoms with Gasteiger partial charge in [0, 0.05) is 66.8 Å². The molecule has 87 heavy (non-hydrogen) atoms. The Bertz CT molecular complexity index is 4480.